The Balaban J connectivity index is 1.78. The molecule has 0 saturated carbocycles. The molecule has 9 nitrogen and oxygen atoms in total. The fraction of sp³-hybridized carbons (Fsp3) is 0.182. The first-order valence-corrected chi connectivity index (χ1v) is 11.8. The zero-order chi connectivity index (χ0) is 24.8. The number of nitrogens with zero attached hydrogens (tertiary/aromatic N) is 1. The Morgan fingerprint density at radius 2 is 1.91 bits per heavy atom. The van der Waals surface area contributed by atoms with Crippen LogP contribution in [0.5, 0.6) is 11.5 Å². The van der Waals surface area contributed by atoms with E-state index in [2.05, 4.69) is 21.2 Å². The van der Waals surface area contributed by atoms with Crippen molar-refractivity contribution in [3.05, 3.63) is 56.4 Å². The van der Waals surface area contributed by atoms with Gasteiger partial charge in [-0.05, 0) is 54.6 Å². The van der Waals surface area contributed by atoms with Crippen molar-refractivity contribution < 1.29 is 33.8 Å². The van der Waals surface area contributed by atoms with E-state index in [-0.39, 0.29) is 16.4 Å². The van der Waals surface area contributed by atoms with Crippen LogP contribution in [0.15, 0.2) is 45.8 Å². The third-order valence-corrected chi connectivity index (χ3v) is 6.25. The molecule has 0 unspecified atom stereocenters. The largest absolute Gasteiger partial charge is 0.490 e. The zero-order valence-corrected chi connectivity index (χ0v) is 20.8. The fourth-order valence-electron chi connectivity index (χ4n) is 2.86. The predicted molar refractivity (Wildman–Crippen MR) is 131 cm³/mol. The van der Waals surface area contributed by atoms with Gasteiger partial charge < -0.3 is 19.9 Å². The van der Waals surface area contributed by atoms with Gasteiger partial charge in [0.1, 0.15) is 6.54 Å². The Morgan fingerprint density at radius 3 is 2.59 bits per heavy atom. The minimum Gasteiger partial charge on any atom is -0.490 e. The number of rotatable bonds is 9. The van der Waals surface area contributed by atoms with Gasteiger partial charge in [-0.1, -0.05) is 39.7 Å². The summed E-state index contributed by atoms with van der Waals surface area (Å²) >= 11 is 10.1. The summed E-state index contributed by atoms with van der Waals surface area (Å²) in [6.45, 7) is 1.02. The Bertz CT molecular complexity index is 1190. The van der Waals surface area contributed by atoms with Crippen molar-refractivity contribution in [3.8, 4) is 11.5 Å². The van der Waals surface area contributed by atoms with E-state index in [1.807, 2.05) is 0 Å². The molecule has 2 aromatic carbocycles. The van der Waals surface area contributed by atoms with E-state index in [4.69, 9.17) is 26.2 Å². The van der Waals surface area contributed by atoms with E-state index in [9.17, 15) is 19.2 Å². The first kappa shape index (κ1) is 25.6. The number of nitrogens with one attached hydrogen (secondary N) is 1. The summed E-state index contributed by atoms with van der Waals surface area (Å²) in [4.78, 5) is 49.4. The summed E-state index contributed by atoms with van der Waals surface area (Å²) in [5, 5.41) is 11.2. The second-order valence-electron chi connectivity index (χ2n) is 6.73. The monoisotopic (exact) mass is 568 g/mol. The van der Waals surface area contributed by atoms with E-state index in [1.165, 1.54) is 12.1 Å². The fourth-order valence-corrected chi connectivity index (χ4v) is 4.30. The van der Waals surface area contributed by atoms with Gasteiger partial charge in [0.15, 0.2) is 18.1 Å². The molecule has 0 bridgehead atoms. The van der Waals surface area contributed by atoms with Crippen LogP contribution < -0.4 is 14.8 Å². The molecule has 3 amide bonds. The number of ether oxygens (including phenoxy) is 2. The molecule has 1 aliphatic heterocycles. The molecule has 1 saturated heterocycles. The van der Waals surface area contributed by atoms with Gasteiger partial charge in [0.05, 0.1) is 22.2 Å². The zero-order valence-electron chi connectivity index (χ0n) is 17.7. The summed E-state index contributed by atoms with van der Waals surface area (Å²) in [6.07, 6.45) is 1.48. The lowest BCUT2D eigenvalue weighted by molar-refractivity contribution is -0.139. The molecule has 1 fully saturated rings. The van der Waals surface area contributed by atoms with Crippen LogP contribution in [0.1, 0.15) is 12.5 Å². The molecule has 0 atom stereocenters. The van der Waals surface area contributed by atoms with Crippen LogP contribution in [0.3, 0.4) is 0 Å². The van der Waals surface area contributed by atoms with Gasteiger partial charge in [0.25, 0.3) is 11.1 Å². The first-order chi connectivity index (χ1) is 16.2. The number of imide groups is 1. The van der Waals surface area contributed by atoms with E-state index in [1.54, 1.807) is 37.3 Å². The van der Waals surface area contributed by atoms with Crippen LogP contribution in [-0.4, -0.2) is 52.8 Å². The number of anilines is 1. The van der Waals surface area contributed by atoms with Gasteiger partial charge in [-0.15, -0.1) is 0 Å². The molecule has 12 heteroatoms. The normalized spacial score (nSPS) is 14.4. The summed E-state index contributed by atoms with van der Waals surface area (Å²) in [7, 11) is 0. The maximum absolute atomic E-state index is 12.8. The maximum Gasteiger partial charge on any atom is 0.341 e. The number of amides is 3. The number of benzene rings is 2. The molecule has 0 aliphatic carbocycles. The topological polar surface area (TPSA) is 122 Å². The molecule has 34 heavy (non-hydrogen) atoms. The molecule has 0 spiro atoms. The van der Waals surface area contributed by atoms with Crippen molar-refractivity contribution in [1.82, 2.24) is 4.90 Å². The molecular weight excluding hydrogens is 552 g/mol. The van der Waals surface area contributed by atoms with E-state index >= 15 is 0 Å². The van der Waals surface area contributed by atoms with E-state index in [0.29, 0.717) is 39.1 Å². The summed E-state index contributed by atoms with van der Waals surface area (Å²) in [5.74, 6) is -1.86. The second-order valence-corrected chi connectivity index (χ2v) is 8.99. The minimum absolute atomic E-state index is 0.109. The highest BCUT2D eigenvalue weighted by Crippen LogP contribution is 2.38. The average molecular weight is 570 g/mol. The van der Waals surface area contributed by atoms with Gasteiger partial charge in [0.2, 0.25) is 5.91 Å². The van der Waals surface area contributed by atoms with Gasteiger partial charge in [-0.3, -0.25) is 19.3 Å². The molecule has 1 aliphatic rings. The molecular formula is C22H18BrClN2O7S. The van der Waals surface area contributed by atoms with E-state index < -0.39 is 36.2 Å². The summed E-state index contributed by atoms with van der Waals surface area (Å²) in [5.41, 5.74) is 0.867. The predicted octanol–water partition coefficient (Wildman–Crippen LogP) is 4.64. The molecule has 0 aromatic heterocycles. The first-order valence-electron chi connectivity index (χ1n) is 9.80. The van der Waals surface area contributed by atoms with Crippen molar-refractivity contribution in [2.75, 3.05) is 25.1 Å². The number of halogens is 2. The van der Waals surface area contributed by atoms with Gasteiger partial charge in [0, 0.05) is 4.47 Å². The Morgan fingerprint density at radius 1 is 1.21 bits per heavy atom. The smallest absolute Gasteiger partial charge is 0.341 e. The average Bonchev–Trinajstić information content (AvgIpc) is 3.03. The van der Waals surface area contributed by atoms with Crippen LogP contribution in [0.25, 0.3) is 6.08 Å². The number of hydrogen-bond donors (Lipinski definition) is 2. The number of carboxylic acids is 1. The number of thioether (sulfide) groups is 1. The molecule has 2 aromatic rings. The number of para-hydroxylation sites is 1. The summed E-state index contributed by atoms with van der Waals surface area (Å²) in [6, 6.07) is 9.68. The molecule has 1 heterocycles. The van der Waals surface area contributed by atoms with Crippen LogP contribution in [0.2, 0.25) is 5.02 Å². The lowest BCUT2D eigenvalue weighted by Crippen LogP contribution is -2.36. The van der Waals surface area contributed by atoms with Crippen LogP contribution in [-0.2, 0) is 14.4 Å². The number of carbonyl (C=O) groups is 4. The second kappa shape index (κ2) is 11.4. The van der Waals surface area contributed by atoms with Gasteiger partial charge in [-0.2, -0.15) is 0 Å². The van der Waals surface area contributed by atoms with Crippen LogP contribution in [0, 0.1) is 0 Å². The van der Waals surface area contributed by atoms with Crippen molar-refractivity contribution in [2.24, 2.45) is 0 Å². The lowest BCUT2D eigenvalue weighted by Gasteiger charge is -2.14. The van der Waals surface area contributed by atoms with Crippen molar-refractivity contribution in [3.63, 3.8) is 0 Å². The number of carbonyl (C=O) groups excluding carboxylic acids is 3. The lowest BCUT2D eigenvalue weighted by atomic mass is 10.1. The van der Waals surface area contributed by atoms with Crippen molar-refractivity contribution in [2.45, 2.75) is 6.92 Å². The van der Waals surface area contributed by atoms with Gasteiger partial charge >= 0.3 is 5.97 Å². The third-order valence-electron chi connectivity index (χ3n) is 4.32. The molecule has 0 radical (unpaired) electrons. The number of hydrogen-bond acceptors (Lipinski definition) is 7. The Kier molecular flexibility index (Phi) is 8.59. The van der Waals surface area contributed by atoms with Crippen LogP contribution >= 0.6 is 39.3 Å². The molecule has 2 N–H and O–H groups in total. The maximum atomic E-state index is 12.8. The third kappa shape index (κ3) is 6.31. The Hall–Kier alpha value is -3.02. The van der Waals surface area contributed by atoms with E-state index in [0.717, 1.165) is 4.90 Å². The van der Waals surface area contributed by atoms with Crippen LogP contribution in [0.4, 0.5) is 10.5 Å². The van der Waals surface area contributed by atoms with Crippen molar-refractivity contribution >= 4 is 74.1 Å². The number of aliphatic carboxylic acids is 1. The molecule has 3 rings (SSSR count). The summed E-state index contributed by atoms with van der Waals surface area (Å²) < 4.78 is 11.3. The Labute approximate surface area is 212 Å². The number of carboxylic acid groups (broad SMARTS) is 1. The SMILES string of the molecule is CCOc1cc(/C=C2/SC(=O)N(CC(=O)Nc3ccccc3Cl)C2=O)c(Br)cc1OCC(=O)O. The standard InChI is InChI=1S/C22H18BrClN2O7S/c1-2-32-16-7-12(13(23)9-17(16)33-11-20(28)29)8-18-21(30)26(22(31)34-18)10-19(27)25-15-6-4-3-5-14(15)24/h3-9H,2,10-11H2,1H3,(H,25,27)(H,28,29)/b18-8+. The highest BCUT2D eigenvalue weighted by molar-refractivity contribution is 9.10. The van der Waals surface area contributed by atoms with Gasteiger partial charge in [-0.25, -0.2) is 4.79 Å². The minimum atomic E-state index is -1.14. The highest BCUT2D eigenvalue weighted by atomic mass is 79.9. The molecule has 178 valence electrons. The quantitative estimate of drug-likeness (QED) is 0.419. The van der Waals surface area contributed by atoms with Crippen molar-refractivity contribution in [1.29, 1.82) is 0 Å². The highest BCUT2D eigenvalue weighted by Gasteiger charge is 2.36.